The Labute approximate surface area is 220 Å². The van der Waals surface area contributed by atoms with Crippen molar-refractivity contribution >= 4 is 54.1 Å². The summed E-state index contributed by atoms with van der Waals surface area (Å²) in [5, 5.41) is 9.94. The van der Waals surface area contributed by atoms with Crippen LogP contribution in [-0.2, 0) is 0 Å². The van der Waals surface area contributed by atoms with E-state index in [-0.39, 0.29) is 0 Å². The minimum absolute atomic E-state index is 1.04. The van der Waals surface area contributed by atoms with Gasteiger partial charge in [-0.2, -0.15) is 0 Å². The topological polar surface area (TPSA) is 25.8 Å². The third kappa shape index (κ3) is 3.07. The van der Waals surface area contributed by atoms with Gasteiger partial charge in [-0.3, -0.25) is 9.97 Å². The zero-order valence-corrected chi connectivity index (χ0v) is 21.3. The third-order valence-corrected chi connectivity index (χ3v) is 8.06. The zero-order valence-electron chi connectivity index (χ0n) is 21.3. The van der Waals surface area contributed by atoms with Crippen LogP contribution in [0.1, 0.15) is 11.4 Å². The van der Waals surface area contributed by atoms with Crippen molar-refractivity contribution in [1.29, 1.82) is 0 Å². The Bertz CT molecular complexity index is 2190. The smallest absolute Gasteiger partial charge is 0.0725 e. The lowest BCUT2D eigenvalue weighted by atomic mass is 9.93. The van der Waals surface area contributed by atoms with Gasteiger partial charge in [-0.1, -0.05) is 84.9 Å². The minimum Gasteiger partial charge on any atom is -0.252 e. The molecule has 2 heterocycles. The lowest BCUT2D eigenvalue weighted by Gasteiger charge is -2.15. The van der Waals surface area contributed by atoms with E-state index in [0.717, 1.165) is 22.4 Å². The molecule has 2 nitrogen and oxygen atoms in total. The first kappa shape index (κ1) is 21.3. The van der Waals surface area contributed by atoms with Crippen molar-refractivity contribution in [2.75, 3.05) is 0 Å². The second-order valence-corrected chi connectivity index (χ2v) is 10.3. The van der Waals surface area contributed by atoms with Crippen LogP contribution in [0.15, 0.2) is 109 Å². The summed E-state index contributed by atoms with van der Waals surface area (Å²) in [5.74, 6) is 0. The number of benzene rings is 6. The van der Waals surface area contributed by atoms with Crippen molar-refractivity contribution in [2.45, 2.75) is 13.8 Å². The van der Waals surface area contributed by atoms with Gasteiger partial charge in [0.1, 0.15) is 0 Å². The lowest BCUT2D eigenvalue weighted by Crippen LogP contribution is -1.96. The van der Waals surface area contributed by atoms with Crippen LogP contribution in [0, 0.1) is 13.8 Å². The fourth-order valence-electron chi connectivity index (χ4n) is 6.15. The molecule has 0 N–H and O–H groups in total. The van der Waals surface area contributed by atoms with E-state index in [2.05, 4.69) is 123 Å². The van der Waals surface area contributed by atoms with E-state index in [1.807, 2.05) is 0 Å². The summed E-state index contributed by atoms with van der Waals surface area (Å²) in [6.45, 7) is 4.20. The number of pyridine rings is 2. The van der Waals surface area contributed by atoms with Crippen LogP contribution in [0.5, 0.6) is 0 Å². The maximum atomic E-state index is 5.02. The molecule has 0 radical (unpaired) electrons. The van der Waals surface area contributed by atoms with E-state index < -0.39 is 0 Å². The molecule has 0 unspecified atom stereocenters. The van der Waals surface area contributed by atoms with Crippen molar-refractivity contribution < 1.29 is 0 Å². The van der Waals surface area contributed by atoms with Crippen LogP contribution in [0.2, 0.25) is 0 Å². The number of aromatic nitrogens is 2. The highest BCUT2D eigenvalue weighted by molar-refractivity contribution is 6.22. The van der Waals surface area contributed by atoms with Crippen LogP contribution >= 0.6 is 0 Å². The second kappa shape index (κ2) is 7.84. The van der Waals surface area contributed by atoms with E-state index in [1.165, 1.54) is 65.3 Å². The Hall–Kier alpha value is -4.82. The average Bonchev–Trinajstić information content (AvgIpc) is 2.96. The van der Waals surface area contributed by atoms with Crippen LogP contribution < -0.4 is 0 Å². The molecule has 0 aliphatic carbocycles. The van der Waals surface area contributed by atoms with Crippen molar-refractivity contribution in [1.82, 2.24) is 9.97 Å². The summed E-state index contributed by atoms with van der Waals surface area (Å²) < 4.78 is 0. The number of fused-ring (bicyclic) bond motifs is 3. The SMILES string of the molecule is Cc1nc2cc(-c3ccc(-c4ccc5ccc6ccccc6c5c4)cc3)cc3c(C)nc4cccc1c4c23. The van der Waals surface area contributed by atoms with Gasteiger partial charge in [0, 0.05) is 32.9 Å². The second-order valence-electron chi connectivity index (χ2n) is 10.3. The van der Waals surface area contributed by atoms with Crippen molar-refractivity contribution in [3.8, 4) is 22.3 Å². The Morgan fingerprint density at radius 2 is 0.974 bits per heavy atom. The molecule has 0 amide bonds. The monoisotopic (exact) mass is 484 g/mol. The molecule has 0 aliphatic rings. The van der Waals surface area contributed by atoms with Gasteiger partial charge in [-0.25, -0.2) is 0 Å². The summed E-state index contributed by atoms with van der Waals surface area (Å²) in [4.78, 5) is 9.98. The standard InChI is InChI=1S/C36H24N2/c1-21-29-8-5-9-33-35(29)36-31(22(2)37-33)19-28(20-34(36)38-21)24-12-10-23(11-13-24)27-17-16-26-15-14-25-6-3-4-7-30(25)32(26)18-27/h3-20H,1-2H3. The Morgan fingerprint density at radius 3 is 1.82 bits per heavy atom. The highest BCUT2D eigenvalue weighted by Crippen LogP contribution is 2.38. The Morgan fingerprint density at radius 1 is 0.395 bits per heavy atom. The summed E-state index contributed by atoms with van der Waals surface area (Å²) in [7, 11) is 0. The highest BCUT2D eigenvalue weighted by atomic mass is 14.7. The van der Waals surface area contributed by atoms with Gasteiger partial charge in [0.05, 0.1) is 11.0 Å². The predicted molar refractivity (Wildman–Crippen MR) is 161 cm³/mol. The molecular weight excluding hydrogens is 460 g/mol. The molecule has 0 saturated heterocycles. The summed E-state index contributed by atoms with van der Waals surface area (Å²) in [5.41, 5.74) is 8.97. The molecule has 2 heteroatoms. The fraction of sp³-hybridized carbons (Fsp3) is 0.0556. The molecule has 0 bridgehead atoms. The van der Waals surface area contributed by atoms with Crippen LogP contribution in [-0.4, -0.2) is 9.97 Å². The molecule has 8 aromatic rings. The number of hydrogen-bond acceptors (Lipinski definition) is 2. The minimum atomic E-state index is 1.04. The van der Waals surface area contributed by atoms with Gasteiger partial charge >= 0.3 is 0 Å². The molecular formula is C36H24N2. The van der Waals surface area contributed by atoms with E-state index >= 15 is 0 Å². The highest BCUT2D eigenvalue weighted by Gasteiger charge is 2.16. The van der Waals surface area contributed by atoms with Crippen molar-refractivity contribution in [3.63, 3.8) is 0 Å². The molecule has 0 fully saturated rings. The summed E-state index contributed by atoms with van der Waals surface area (Å²) >= 11 is 0. The molecule has 8 rings (SSSR count). The predicted octanol–water partition coefficient (Wildman–Crippen LogP) is 9.63. The first-order valence-electron chi connectivity index (χ1n) is 13.1. The third-order valence-electron chi connectivity index (χ3n) is 8.06. The maximum absolute atomic E-state index is 5.02. The molecule has 0 atom stereocenters. The molecule has 0 saturated carbocycles. The quantitative estimate of drug-likeness (QED) is 0.228. The zero-order chi connectivity index (χ0) is 25.4. The largest absolute Gasteiger partial charge is 0.252 e. The van der Waals surface area contributed by atoms with Gasteiger partial charge in [-0.15, -0.1) is 0 Å². The molecule has 178 valence electrons. The Balaban J connectivity index is 1.26. The molecule has 2 aromatic heterocycles. The van der Waals surface area contributed by atoms with Gasteiger partial charge < -0.3 is 0 Å². The fourth-order valence-corrected chi connectivity index (χ4v) is 6.15. The first-order chi connectivity index (χ1) is 18.6. The van der Waals surface area contributed by atoms with E-state index in [4.69, 9.17) is 9.97 Å². The average molecular weight is 485 g/mol. The lowest BCUT2D eigenvalue weighted by molar-refractivity contribution is 1.26. The van der Waals surface area contributed by atoms with Gasteiger partial charge in [-0.05, 0) is 81.9 Å². The summed E-state index contributed by atoms with van der Waals surface area (Å²) in [6.07, 6.45) is 0. The molecule has 6 aromatic carbocycles. The van der Waals surface area contributed by atoms with Crippen molar-refractivity contribution in [3.05, 3.63) is 121 Å². The normalized spacial score (nSPS) is 11.9. The van der Waals surface area contributed by atoms with Crippen LogP contribution in [0.25, 0.3) is 76.4 Å². The first-order valence-corrected chi connectivity index (χ1v) is 13.1. The molecule has 0 aliphatic heterocycles. The summed E-state index contributed by atoms with van der Waals surface area (Å²) in [6, 6.07) is 39.6. The van der Waals surface area contributed by atoms with Crippen LogP contribution in [0.4, 0.5) is 0 Å². The molecule has 0 spiro atoms. The number of hydrogen-bond donors (Lipinski definition) is 0. The number of aryl methyl sites for hydroxylation is 2. The van der Waals surface area contributed by atoms with E-state index in [1.54, 1.807) is 0 Å². The molecule has 38 heavy (non-hydrogen) atoms. The van der Waals surface area contributed by atoms with E-state index in [0.29, 0.717) is 0 Å². The number of nitrogens with zero attached hydrogens (tertiary/aromatic N) is 2. The Kier molecular flexibility index (Phi) is 4.39. The van der Waals surface area contributed by atoms with Crippen molar-refractivity contribution in [2.24, 2.45) is 0 Å². The number of rotatable bonds is 2. The van der Waals surface area contributed by atoms with Gasteiger partial charge in [0.25, 0.3) is 0 Å². The van der Waals surface area contributed by atoms with Gasteiger partial charge in [0.15, 0.2) is 0 Å². The van der Waals surface area contributed by atoms with E-state index in [9.17, 15) is 0 Å². The van der Waals surface area contributed by atoms with Crippen LogP contribution in [0.3, 0.4) is 0 Å². The van der Waals surface area contributed by atoms with Gasteiger partial charge in [0.2, 0.25) is 0 Å². The maximum Gasteiger partial charge on any atom is 0.0725 e.